The van der Waals surface area contributed by atoms with Gasteiger partial charge in [0, 0.05) is 13.5 Å². The molecule has 0 unspecified atom stereocenters. The second kappa shape index (κ2) is 8.62. The number of ether oxygens (including phenoxy) is 1. The molecule has 96 valence electrons. The van der Waals surface area contributed by atoms with Crippen LogP contribution in [0.1, 0.15) is 33.6 Å². The van der Waals surface area contributed by atoms with Gasteiger partial charge in [0.15, 0.2) is 0 Å². The Labute approximate surface area is 104 Å². The summed E-state index contributed by atoms with van der Waals surface area (Å²) in [5.74, 6) is 0.822. The first-order valence-corrected chi connectivity index (χ1v) is 6.00. The van der Waals surface area contributed by atoms with Gasteiger partial charge in [-0.1, -0.05) is 32.1 Å². The minimum Gasteiger partial charge on any atom is -0.496 e. The van der Waals surface area contributed by atoms with Crippen molar-refractivity contribution in [2.75, 3.05) is 13.7 Å². The van der Waals surface area contributed by atoms with Crippen molar-refractivity contribution in [3.8, 4) is 0 Å². The average molecular weight is 237 g/mol. The van der Waals surface area contributed by atoms with Crippen LogP contribution in [-0.4, -0.2) is 25.0 Å². The van der Waals surface area contributed by atoms with Crippen LogP contribution in [0.25, 0.3) is 0 Å². The summed E-state index contributed by atoms with van der Waals surface area (Å²) in [6, 6.07) is 0. The lowest BCUT2D eigenvalue weighted by atomic mass is 10.2. The van der Waals surface area contributed by atoms with E-state index in [9.17, 15) is 4.79 Å². The van der Waals surface area contributed by atoms with Crippen molar-refractivity contribution in [3.05, 3.63) is 35.8 Å². The van der Waals surface area contributed by atoms with Crippen LogP contribution < -0.4 is 0 Å². The Bertz CT molecular complexity index is 316. The molecule has 0 saturated carbocycles. The Morgan fingerprint density at radius 2 is 1.88 bits per heavy atom. The van der Waals surface area contributed by atoms with E-state index in [1.165, 1.54) is 4.90 Å². The third kappa shape index (κ3) is 5.38. The number of carbonyl (C=O) groups excluding carboxylic acids is 1. The highest BCUT2D eigenvalue weighted by atomic mass is 16.5. The number of hydrogen-bond donors (Lipinski definition) is 0. The fourth-order valence-electron chi connectivity index (χ4n) is 1.31. The molecule has 3 nitrogen and oxygen atoms in total. The van der Waals surface area contributed by atoms with Crippen LogP contribution in [0.4, 0.5) is 0 Å². The van der Waals surface area contributed by atoms with Gasteiger partial charge in [0.1, 0.15) is 5.76 Å². The Morgan fingerprint density at radius 1 is 1.24 bits per heavy atom. The number of amides is 1. The summed E-state index contributed by atoms with van der Waals surface area (Å²) in [5, 5.41) is 0. The van der Waals surface area contributed by atoms with Gasteiger partial charge in [-0.2, -0.15) is 0 Å². The fourth-order valence-corrected chi connectivity index (χ4v) is 1.31. The highest BCUT2D eigenvalue weighted by molar-refractivity contribution is 5.53. The van der Waals surface area contributed by atoms with Crippen molar-refractivity contribution in [1.29, 1.82) is 0 Å². The summed E-state index contributed by atoms with van der Waals surface area (Å²) in [6.45, 7) is 10.5. The molecule has 0 aromatic rings. The number of rotatable bonds is 8. The molecule has 0 spiro atoms. The lowest BCUT2D eigenvalue weighted by molar-refractivity contribution is -0.115. The maximum absolute atomic E-state index is 10.9. The molecule has 0 rings (SSSR count). The van der Waals surface area contributed by atoms with E-state index in [0.717, 1.165) is 36.3 Å². The van der Waals surface area contributed by atoms with E-state index < -0.39 is 0 Å². The van der Waals surface area contributed by atoms with Gasteiger partial charge in [-0.3, -0.25) is 4.79 Å². The van der Waals surface area contributed by atoms with Gasteiger partial charge >= 0.3 is 0 Å². The molecule has 0 aromatic carbocycles. The lowest BCUT2D eigenvalue weighted by Crippen LogP contribution is -2.17. The Hall–Kier alpha value is -1.51. The minimum atomic E-state index is 0.599. The molecular weight excluding hydrogens is 214 g/mol. The number of allylic oxidation sites excluding steroid dienone is 4. The molecule has 1 amide bonds. The molecule has 0 N–H and O–H groups in total. The van der Waals surface area contributed by atoms with Gasteiger partial charge in [-0.05, 0) is 19.4 Å². The van der Waals surface area contributed by atoms with Gasteiger partial charge in [-0.25, -0.2) is 0 Å². The van der Waals surface area contributed by atoms with Crippen LogP contribution >= 0.6 is 0 Å². The van der Waals surface area contributed by atoms with Gasteiger partial charge in [0.05, 0.1) is 12.3 Å². The molecule has 3 heteroatoms. The first-order valence-electron chi connectivity index (χ1n) is 6.00. The second-order valence-corrected chi connectivity index (χ2v) is 3.66. The van der Waals surface area contributed by atoms with Crippen molar-refractivity contribution < 1.29 is 9.53 Å². The molecule has 0 radical (unpaired) electrons. The summed E-state index contributed by atoms with van der Waals surface area (Å²) in [5.41, 5.74) is 1.81. The molecule has 0 saturated heterocycles. The smallest absolute Gasteiger partial charge is 0.213 e. The first kappa shape index (κ1) is 15.5. The lowest BCUT2D eigenvalue weighted by Gasteiger charge is -2.17. The second-order valence-electron chi connectivity index (χ2n) is 3.66. The van der Waals surface area contributed by atoms with E-state index >= 15 is 0 Å². The maximum Gasteiger partial charge on any atom is 0.213 e. The molecule has 0 fully saturated rings. The normalized spacial score (nSPS) is 12.2. The monoisotopic (exact) mass is 237 g/mol. The molecule has 0 atom stereocenters. The van der Waals surface area contributed by atoms with Crippen LogP contribution in [0.3, 0.4) is 0 Å². The van der Waals surface area contributed by atoms with Crippen molar-refractivity contribution in [2.45, 2.75) is 33.6 Å². The van der Waals surface area contributed by atoms with Crippen molar-refractivity contribution >= 4 is 6.41 Å². The van der Waals surface area contributed by atoms with E-state index in [-0.39, 0.29) is 0 Å². The van der Waals surface area contributed by atoms with E-state index in [1.807, 2.05) is 32.9 Å². The molecule has 0 aliphatic carbocycles. The summed E-state index contributed by atoms with van der Waals surface area (Å²) < 4.78 is 5.54. The van der Waals surface area contributed by atoms with Crippen LogP contribution in [-0.2, 0) is 9.53 Å². The standard InChI is InChI=1S/C14H23NO2/c1-6-12(4)9-10-13(15(5)11-16)14(7-2)17-8-3/h9-11H,4,6-8H2,1-3,5H3/b10-9-,14-13-. The quantitative estimate of drug-likeness (QED) is 0.368. The minimum absolute atomic E-state index is 0.599. The molecule has 0 bridgehead atoms. The van der Waals surface area contributed by atoms with Crippen LogP contribution in [0.2, 0.25) is 0 Å². The Morgan fingerprint density at radius 3 is 2.29 bits per heavy atom. The van der Waals surface area contributed by atoms with Gasteiger partial charge in [-0.15, -0.1) is 0 Å². The van der Waals surface area contributed by atoms with Gasteiger partial charge in [0.2, 0.25) is 6.41 Å². The first-order chi connectivity index (χ1) is 8.10. The van der Waals surface area contributed by atoms with E-state index in [2.05, 4.69) is 6.58 Å². The van der Waals surface area contributed by atoms with Gasteiger partial charge < -0.3 is 9.64 Å². The number of hydrogen-bond acceptors (Lipinski definition) is 2. The Balaban J connectivity index is 5.16. The largest absolute Gasteiger partial charge is 0.496 e. The molecule has 0 aromatic heterocycles. The molecule has 17 heavy (non-hydrogen) atoms. The zero-order valence-corrected chi connectivity index (χ0v) is 11.3. The highest BCUT2D eigenvalue weighted by Crippen LogP contribution is 2.15. The summed E-state index contributed by atoms with van der Waals surface area (Å²) in [6.07, 6.45) is 6.23. The molecular formula is C14H23NO2. The molecule has 0 heterocycles. The fraction of sp³-hybridized carbons (Fsp3) is 0.500. The molecule has 0 aliphatic rings. The number of carbonyl (C=O) groups is 1. The topological polar surface area (TPSA) is 29.5 Å². The predicted molar refractivity (Wildman–Crippen MR) is 71.3 cm³/mol. The van der Waals surface area contributed by atoms with Crippen LogP contribution in [0.5, 0.6) is 0 Å². The average Bonchev–Trinajstić information content (AvgIpc) is 2.36. The van der Waals surface area contributed by atoms with Crippen molar-refractivity contribution in [2.24, 2.45) is 0 Å². The third-order valence-corrected chi connectivity index (χ3v) is 2.39. The van der Waals surface area contributed by atoms with Crippen LogP contribution in [0.15, 0.2) is 35.8 Å². The summed E-state index contributed by atoms with van der Waals surface area (Å²) in [4.78, 5) is 12.4. The van der Waals surface area contributed by atoms with Gasteiger partial charge in [0.25, 0.3) is 0 Å². The zero-order chi connectivity index (χ0) is 13.3. The van der Waals surface area contributed by atoms with Crippen LogP contribution in [0, 0.1) is 0 Å². The number of nitrogens with zero attached hydrogens (tertiary/aromatic N) is 1. The Kier molecular flexibility index (Phi) is 7.85. The number of likely N-dealkylation sites (N-methyl/N-ethyl adjacent to an activating group) is 1. The van der Waals surface area contributed by atoms with Crippen molar-refractivity contribution in [3.63, 3.8) is 0 Å². The maximum atomic E-state index is 10.9. The molecule has 0 aliphatic heterocycles. The SMILES string of the molecule is C=C(/C=C\C(=C(/CC)OCC)N(C)C=O)CC. The van der Waals surface area contributed by atoms with Crippen molar-refractivity contribution in [1.82, 2.24) is 4.90 Å². The highest BCUT2D eigenvalue weighted by Gasteiger charge is 2.08. The zero-order valence-electron chi connectivity index (χ0n) is 11.3. The third-order valence-electron chi connectivity index (χ3n) is 2.39. The summed E-state index contributed by atoms with van der Waals surface area (Å²) in [7, 11) is 1.72. The van der Waals surface area contributed by atoms with E-state index in [4.69, 9.17) is 4.74 Å². The predicted octanol–water partition coefficient (Wildman–Crippen LogP) is 3.26. The van der Waals surface area contributed by atoms with E-state index in [0.29, 0.717) is 6.61 Å². The summed E-state index contributed by atoms with van der Waals surface area (Å²) >= 11 is 0. The van der Waals surface area contributed by atoms with E-state index in [1.54, 1.807) is 7.05 Å².